The van der Waals surface area contributed by atoms with Crippen molar-refractivity contribution < 1.29 is 27.9 Å². The lowest BCUT2D eigenvalue weighted by molar-refractivity contribution is -0.893. The molecule has 0 saturated carbocycles. The fourth-order valence-corrected chi connectivity index (χ4v) is 2.65. The predicted molar refractivity (Wildman–Crippen MR) is 99.5 cm³/mol. The molecular formula is C20H25F2N2O3+. The van der Waals surface area contributed by atoms with Crippen LogP contribution in [0, 0.1) is 11.6 Å². The van der Waals surface area contributed by atoms with Gasteiger partial charge in [-0.1, -0.05) is 6.07 Å². The Kier molecular flexibility index (Phi) is 7.12. The molecular weight excluding hydrogens is 354 g/mol. The van der Waals surface area contributed by atoms with Crippen LogP contribution in [-0.2, 0) is 11.2 Å². The standard InChI is InChI=1S/C20H24F2N2O3/c1-13(20(25)23-17-7-6-15(21)12-16(17)22)24(2)10-9-14-5-8-18(26-3)19(11-14)27-4/h5-8,11-13H,9-10H2,1-4H3,(H,23,25)/p+1/t13-/m1/s1. The molecule has 0 heterocycles. The van der Waals surface area contributed by atoms with Gasteiger partial charge in [-0.2, -0.15) is 0 Å². The molecule has 2 aromatic rings. The summed E-state index contributed by atoms with van der Waals surface area (Å²) >= 11 is 0. The van der Waals surface area contributed by atoms with Gasteiger partial charge in [0, 0.05) is 12.5 Å². The first-order chi connectivity index (χ1) is 12.8. The van der Waals surface area contributed by atoms with Crippen LogP contribution in [0.3, 0.4) is 0 Å². The van der Waals surface area contributed by atoms with Crippen molar-refractivity contribution in [3.63, 3.8) is 0 Å². The number of halogens is 2. The van der Waals surface area contributed by atoms with Crippen molar-refractivity contribution in [1.29, 1.82) is 0 Å². The van der Waals surface area contributed by atoms with E-state index in [-0.39, 0.29) is 11.6 Å². The van der Waals surface area contributed by atoms with Gasteiger partial charge in [0.05, 0.1) is 33.5 Å². The minimum absolute atomic E-state index is 0.0269. The molecule has 0 aromatic heterocycles. The Morgan fingerprint density at radius 1 is 1.11 bits per heavy atom. The molecule has 1 amide bonds. The number of ether oxygens (including phenoxy) is 2. The van der Waals surface area contributed by atoms with Gasteiger partial charge in [-0.05, 0) is 36.8 Å². The smallest absolute Gasteiger partial charge is 0.282 e. The van der Waals surface area contributed by atoms with Crippen molar-refractivity contribution in [1.82, 2.24) is 0 Å². The molecule has 0 aliphatic heterocycles. The average molecular weight is 379 g/mol. The molecule has 7 heteroatoms. The Morgan fingerprint density at radius 3 is 2.44 bits per heavy atom. The molecule has 2 aromatic carbocycles. The maximum absolute atomic E-state index is 13.7. The molecule has 27 heavy (non-hydrogen) atoms. The zero-order valence-electron chi connectivity index (χ0n) is 15.9. The lowest BCUT2D eigenvalue weighted by Gasteiger charge is -2.21. The van der Waals surface area contributed by atoms with Crippen LogP contribution >= 0.6 is 0 Å². The summed E-state index contributed by atoms with van der Waals surface area (Å²) in [5.74, 6) is -0.485. The highest BCUT2D eigenvalue weighted by Gasteiger charge is 2.22. The lowest BCUT2D eigenvalue weighted by Crippen LogP contribution is -3.14. The molecule has 0 aliphatic carbocycles. The van der Waals surface area contributed by atoms with E-state index in [9.17, 15) is 13.6 Å². The molecule has 0 aliphatic rings. The number of amides is 1. The second-order valence-electron chi connectivity index (χ2n) is 6.37. The summed E-state index contributed by atoms with van der Waals surface area (Å²) < 4.78 is 37.2. The first-order valence-corrected chi connectivity index (χ1v) is 8.64. The van der Waals surface area contributed by atoms with E-state index in [2.05, 4.69) is 5.32 Å². The van der Waals surface area contributed by atoms with Gasteiger partial charge in [0.15, 0.2) is 17.5 Å². The first kappa shape index (κ1) is 20.6. The second-order valence-corrected chi connectivity index (χ2v) is 6.37. The van der Waals surface area contributed by atoms with Crippen LogP contribution in [0.4, 0.5) is 14.5 Å². The molecule has 2 rings (SSSR count). The van der Waals surface area contributed by atoms with Crippen LogP contribution in [0.2, 0.25) is 0 Å². The van der Waals surface area contributed by atoms with E-state index in [1.807, 2.05) is 25.2 Å². The van der Waals surface area contributed by atoms with Gasteiger partial charge in [-0.15, -0.1) is 0 Å². The van der Waals surface area contributed by atoms with Crippen LogP contribution in [0.15, 0.2) is 36.4 Å². The fraction of sp³-hybridized carbons (Fsp3) is 0.350. The van der Waals surface area contributed by atoms with Gasteiger partial charge in [-0.3, -0.25) is 4.79 Å². The largest absolute Gasteiger partial charge is 0.493 e. The number of hydrogen-bond acceptors (Lipinski definition) is 3. The molecule has 2 atom stereocenters. The molecule has 0 saturated heterocycles. The number of quaternary nitrogens is 1. The third-order valence-corrected chi connectivity index (χ3v) is 4.58. The van der Waals surface area contributed by atoms with Crippen LogP contribution < -0.4 is 19.7 Å². The highest BCUT2D eigenvalue weighted by molar-refractivity contribution is 5.93. The van der Waals surface area contributed by atoms with E-state index in [1.54, 1.807) is 21.1 Å². The van der Waals surface area contributed by atoms with Gasteiger partial charge in [-0.25, -0.2) is 8.78 Å². The molecule has 0 bridgehead atoms. The average Bonchev–Trinajstić information content (AvgIpc) is 2.67. The lowest BCUT2D eigenvalue weighted by atomic mass is 10.1. The van der Waals surface area contributed by atoms with E-state index in [4.69, 9.17) is 9.47 Å². The van der Waals surface area contributed by atoms with Gasteiger partial charge in [0.1, 0.15) is 11.6 Å². The van der Waals surface area contributed by atoms with Crippen molar-refractivity contribution in [3.05, 3.63) is 53.6 Å². The fourth-order valence-electron chi connectivity index (χ4n) is 2.65. The summed E-state index contributed by atoms with van der Waals surface area (Å²) in [7, 11) is 5.06. The highest BCUT2D eigenvalue weighted by Crippen LogP contribution is 2.27. The molecule has 146 valence electrons. The van der Waals surface area contributed by atoms with Gasteiger partial charge < -0.3 is 19.7 Å². The SMILES string of the molecule is COc1ccc(CC[NH+](C)[C@H](C)C(=O)Nc2ccc(F)cc2F)cc1OC. The monoisotopic (exact) mass is 379 g/mol. The van der Waals surface area contributed by atoms with E-state index in [0.717, 1.165) is 29.0 Å². The number of carbonyl (C=O) groups is 1. The minimum Gasteiger partial charge on any atom is -0.493 e. The van der Waals surface area contributed by atoms with E-state index in [1.165, 1.54) is 6.07 Å². The van der Waals surface area contributed by atoms with Gasteiger partial charge in [0.25, 0.3) is 5.91 Å². The number of anilines is 1. The Hall–Kier alpha value is -2.67. The van der Waals surface area contributed by atoms with Crippen molar-refractivity contribution in [2.45, 2.75) is 19.4 Å². The summed E-state index contributed by atoms with van der Waals surface area (Å²) in [6.45, 7) is 2.46. The number of carbonyl (C=O) groups excluding carboxylic acids is 1. The molecule has 5 nitrogen and oxygen atoms in total. The number of rotatable bonds is 8. The minimum atomic E-state index is -0.793. The maximum Gasteiger partial charge on any atom is 0.282 e. The number of methoxy groups -OCH3 is 2. The van der Waals surface area contributed by atoms with Crippen molar-refractivity contribution in [2.24, 2.45) is 0 Å². The number of nitrogens with one attached hydrogen (secondary N) is 2. The van der Waals surface area contributed by atoms with Crippen LogP contribution in [0.1, 0.15) is 12.5 Å². The van der Waals surface area contributed by atoms with Crippen molar-refractivity contribution in [3.8, 4) is 11.5 Å². The topological polar surface area (TPSA) is 52.0 Å². The Labute approximate surface area is 157 Å². The zero-order valence-corrected chi connectivity index (χ0v) is 15.9. The van der Waals surface area contributed by atoms with E-state index in [0.29, 0.717) is 18.0 Å². The molecule has 0 radical (unpaired) electrons. The van der Waals surface area contributed by atoms with E-state index >= 15 is 0 Å². The zero-order chi connectivity index (χ0) is 20.0. The molecule has 0 fully saturated rings. The Balaban J connectivity index is 1.94. The van der Waals surface area contributed by atoms with Crippen molar-refractivity contribution in [2.75, 3.05) is 33.1 Å². The first-order valence-electron chi connectivity index (χ1n) is 8.64. The summed E-state index contributed by atoms with van der Waals surface area (Å²) in [5.41, 5.74) is 1.03. The predicted octanol–water partition coefficient (Wildman–Crippen LogP) is 2.07. The van der Waals surface area contributed by atoms with Crippen LogP contribution in [0.25, 0.3) is 0 Å². The molecule has 0 spiro atoms. The number of benzene rings is 2. The highest BCUT2D eigenvalue weighted by atomic mass is 19.1. The molecule has 1 unspecified atom stereocenters. The Bertz CT molecular complexity index is 799. The maximum atomic E-state index is 13.7. The number of likely N-dealkylation sites (N-methyl/N-ethyl adjacent to an activating group) is 1. The Morgan fingerprint density at radius 2 is 1.81 bits per heavy atom. The van der Waals surface area contributed by atoms with Crippen LogP contribution in [0.5, 0.6) is 11.5 Å². The normalized spacial score (nSPS) is 13.0. The summed E-state index contributed by atoms with van der Waals surface area (Å²) in [6, 6.07) is 8.36. The summed E-state index contributed by atoms with van der Waals surface area (Å²) in [6.07, 6.45) is 0.731. The third-order valence-electron chi connectivity index (χ3n) is 4.58. The van der Waals surface area contributed by atoms with Gasteiger partial charge >= 0.3 is 0 Å². The quantitative estimate of drug-likeness (QED) is 0.738. The summed E-state index contributed by atoms with van der Waals surface area (Å²) in [5, 5.41) is 2.51. The molecule has 2 N–H and O–H groups in total. The second kappa shape index (κ2) is 9.32. The van der Waals surface area contributed by atoms with E-state index < -0.39 is 17.7 Å². The summed E-state index contributed by atoms with van der Waals surface area (Å²) in [4.78, 5) is 13.3. The number of hydrogen-bond donors (Lipinski definition) is 2. The van der Waals surface area contributed by atoms with Crippen LogP contribution in [-0.4, -0.2) is 39.8 Å². The van der Waals surface area contributed by atoms with Gasteiger partial charge in [0.2, 0.25) is 0 Å². The van der Waals surface area contributed by atoms with Crippen molar-refractivity contribution >= 4 is 11.6 Å². The third kappa shape index (κ3) is 5.40.